The minimum Gasteiger partial charge on any atom is -0.461 e. The number of benzene rings is 2. The van der Waals surface area contributed by atoms with E-state index in [9.17, 15) is 9.59 Å². The zero-order chi connectivity index (χ0) is 32.4. The third kappa shape index (κ3) is 7.58. The number of carbonyl (C=O) groups is 2. The van der Waals surface area contributed by atoms with Gasteiger partial charge in [0.25, 0.3) is 5.91 Å². The van der Waals surface area contributed by atoms with Crippen LogP contribution >= 0.6 is 0 Å². The summed E-state index contributed by atoms with van der Waals surface area (Å²) in [6.07, 6.45) is 4.94. The lowest BCUT2D eigenvalue weighted by atomic mass is 9.85. The smallest absolute Gasteiger partial charge is 0.340 e. The topological polar surface area (TPSA) is 80.8 Å². The Bertz CT molecular complexity index is 1500. The molecule has 1 saturated carbocycles. The third-order valence-electron chi connectivity index (χ3n) is 9.03. The molecule has 45 heavy (non-hydrogen) atoms. The van der Waals surface area contributed by atoms with Gasteiger partial charge in [0.2, 0.25) is 0 Å². The molecule has 7 heteroatoms. The number of carbonyl (C=O) groups excluding carboxylic acids is 2. The molecule has 1 amide bonds. The summed E-state index contributed by atoms with van der Waals surface area (Å²) in [6, 6.07) is 17.6. The Labute approximate surface area is 268 Å². The van der Waals surface area contributed by atoms with Gasteiger partial charge in [-0.3, -0.25) is 9.78 Å². The number of rotatable bonds is 9. The second-order valence-corrected chi connectivity index (χ2v) is 14.1. The highest BCUT2D eigenvalue weighted by Crippen LogP contribution is 2.50. The van der Waals surface area contributed by atoms with E-state index in [1.807, 2.05) is 103 Å². The molecule has 1 atom stereocenters. The van der Waals surface area contributed by atoms with Gasteiger partial charge in [0.05, 0.1) is 17.4 Å². The van der Waals surface area contributed by atoms with Gasteiger partial charge in [-0.05, 0) is 96.4 Å². The molecule has 0 radical (unpaired) electrons. The second-order valence-electron chi connectivity index (χ2n) is 14.1. The largest absolute Gasteiger partial charge is 0.461 e. The highest BCUT2D eigenvalue weighted by atomic mass is 16.6. The van der Waals surface area contributed by atoms with Crippen molar-refractivity contribution in [2.24, 2.45) is 5.41 Å². The van der Waals surface area contributed by atoms with Crippen molar-refractivity contribution in [3.63, 3.8) is 0 Å². The number of anilines is 1. The number of hydrogen-bond donors (Lipinski definition) is 1. The Morgan fingerprint density at radius 2 is 1.62 bits per heavy atom. The molecule has 2 aromatic carbocycles. The molecular formula is C38H49N3O4. The molecule has 1 saturated heterocycles. The van der Waals surface area contributed by atoms with Crippen LogP contribution in [-0.4, -0.2) is 41.7 Å². The van der Waals surface area contributed by atoms with Crippen LogP contribution in [-0.2, 0) is 20.8 Å². The molecule has 1 aliphatic heterocycles. The van der Waals surface area contributed by atoms with Gasteiger partial charge in [0.15, 0.2) is 6.10 Å². The summed E-state index contributed by atoms with van der Waals surface area (Å²) in [6.45, 7) is 15.9. The van der Waals surface area contributed by atoms with Gasteiger partial charge in [-0.15, -0.1) is 0 Å². The number of ether oxygens (including phenoxy) is 2. The van der Waals surface area contributed by atoms with E-state index in [1.54, 1.807) is 0 Å². The van der Waals surface area contributed by atoms with Crippen molar-refractivity contribution in [3.8, 4) is 11.1 Å². The van der Waals surface area contributed by atoms with Crippen molar-refractivity contribution in [1.82, 2.24) is 10.3 Å². The van der Waals surface area contributed by atoms with E-state index in [0.29, 0.717) is 17.5 Å². The number of hydrogen-bond acceptors (Lipinski definition) is 6. The first-order valence-electron chi connectivity index (χ1n) is 16.4. The van der Waals surface area contributed by atoms with Crippen LogP contribution in [0.5, 0.6) is 0 Å². The lowest BCUT2D eigenvalue weighted by molar-refractivity contribution is -0.171. The predicted molar refractivity (Wildman–Crippen MR) is 179 cm³/mol. The third-order valence-corrected chi connectivity index (χ3v) is 9.03. The molecule has 2 aliphatic rings. The maximum Gasteiger partial charge on any atom is 0.340 e. The predicted octanol–water partition coefficient (Wildman–Crippen LogP) is 7.87. The van der Waals surface area contributed by atoms with E-state index in [2.05, 4.69) is 10.2 Å². The van der Waals surface area contributed by atoms with Gasteiger partial charge >= 0.3 is 5.97 Å². The highest BCUT2D eigenvalue weighted by Gasteiger charge is 2.43. The molecule has 0 unspecified atom stereocenters. The summed E-state index contributed by atoms with van der Waals surface area (Å²) >= 11 is 0. The zero-order valence-electron chi connectivity index (χ0n) is 28.0. The van der Waals surface area contributed by atoms with E-state index < -0.39 is 17.7 Å². The van der Waals surface area contributed by atoms with Crippen molar-refractivity contribution in [3.05, 3.63) is 82.7 Å². The molecule has 1 aromatic heterocycles. The van der Waals surface area contributed by atoms with E-state index in [0.717, 1.165) is 58.8 Å². The van der Waals surface area contributed by atoms with Crippen molar-refractivity contribution < 1.29 is 19.1 Å². The SMILES string of the molecule is Cc1nc(C)c([C@H](OC(C)(C)C)C(=O)OC(C)C)c(N2CCC3(CCCC3)C2)c1-c1ccc(C(=O)NCc2ccccc2)cc1. The number of esters is 1. The van der Waals surface area contributed by atoms with Crippen LogP contribution in [0.1, 0.15) is 106 Å². The fourth-order valence-electron chi connectivity index (χ4n) is 7.03. The van der Waals surface area contributed by atoms with Gasteiger partial charge < -0.3 is 19.7 Å². The lowest BCUT2D eigenvalue weighted by Gasteiger charge is -2.34. The lowest BCUT2D eigenvalue weighted by Crippen LogP contribution is -2.33. The number of aryl methyl sites for hydroxylation is 2. The Morgan fingerprint density at radius 1 is 0.956 bits per heavy atom. The zero-order valence-corrected chi connectivity index (χ0v) is 28.0. The van der Waals surface area contributed by atoms with Gasteiger partial charge in [-0.1, -0.05) is 55.3 Å². The molecule has 1 aliphatic carbocycles. The fourth-order valence-corrected chi connectivity index (χ4v) is 7.03. The van der Waals surface area contributed by atoms with Crippen molar-refractivity contribution >= 4 is 17.6 Å². The maximum atomic E-state index is 13.8. The van der Waals surface area contributed by atoms with Gasteiger partial charge in [-0.25, -0.2) is 4.79 Å². The molecule has 0 bridgehead atoms. The number of nitrogens with zero attached hydrogens (tertiary/aromatic N) is 2. The summed E-state index contributed by atoms with van der Waals surface area (Å²) < 4.78 is 12.3. The molecule has 2 fully saturated rings. The van der Waals surface area contributed by atoms with Gasteiger partial charge in [0, 0.05) is 47.7 Å². The van der Waals surface area contributed by atoms with Gasteiger partial charge in [-0.2, -0.15) is 0 Å². The Morgan fingerprint density at radius 3 is 2.24 bits per heavy atom. The summed E-state index contributed by atoms with van der Waals surface area (Å²) in [5, 5.41) is 3.02. The first kappa shape index (κ1) is 32.7. The van der Waals surface area contributed by atoms with E-state index in [4.69, 9.17) is 14.5 Å². The van der Waals surface area contributed by atoms with Crippen LogP contribution in [0.25, 0.3) is 11.1 Å². The van der Waals surface area contributed by atoms with Crippen molar-refractivity contribution in [2.45, 2.75) is 105 Å². The normalized spacial score (nSPS) is 16.8. The number of amides is 1. The maximum absolute atomic E-state index is 13.8. The molecule has 1 N–H and O–H groups in total. The standard InChI is InChI=1S/C38H49N3O4/c1-25(2)44-36(43)34(45-37(5,6)7)32-27(4)40-26(3)31(33(32)41-22-21-38(24-41)19-11-12-20-38)29-15-17-30(18-16-29)35(42)39-23-28-13-9-8-10-14-28/h8-10,13-18,25,34H,11-12,19-24H2,1-7H3,(H,39,42)/t34-/m0/s1. The Kier molecular flexibility index (Phi) is 9.68. The molecule has 240 valence electrons. The molecule has 3 aromatic rings. The van der Waals surface area contributed by atoms with Crippen LogP contribution in [0.15, 0.2) is 54.6 Å². The number of nitrogens with one attached hydrogen (secondary N) is 1. The number of aromatic nitrogens is 1. The van der Waals surface area contributed by atoms with Crippen molar-refractivity contribution in [1.29, 1.82) is 0 Å². The summed E-state index contributed by atoms with van der Waals surface area (Å²) in [5.41, 5.74) is 6.70. The minimum atomic E-state index is -0.933. The molecular weight excluding hydrogens is 562 g/mol. The van der Waals surface area contributed by atoms with E-state index in [1.165, 1.54) is 25.7 Å². The quantitative estimate of drug-likeness (QED) is 0.248. The van der Waals surface area contributed by atoms with Crippen LogP contribution in [0.3, 0.4) is 0 Å². The Hall–Kier alpha value is -3.71. The van der Waals surface area contributed by atoms with Crippen LogP contribution in [0, 0.1) is 19.3 Å². The van der Waals surface area contributed by atoms with Crippen molar-refractivity contribution in [2.75, 3.05) is 18.0 Å². The van der Waals surface area contributed by atoms with Crippen LogP contribution in [0.2, 0.25) is 0 Å². The molecule has 2 heterocycles. The summed E-state index contributed by atoms with van der Waals surface area (Å²) in [4.78, 5) is 34.3. The number of pyridine rings is 1. The molecule has 5 rings (SSSR count). The monoisotopic (exact) mass is 611 g/mol. The van der Waals surface area contributed by atoms with Crippen LogP contribution in [0.4, 0.5) is 5.69 Å². The van der Waals surface area contributed by atoms with Gasteiger partial charge in [0.1, 0.15) is 0 Å². The molecule has 1 spiro atoms. The summed E-state index contributed by atoms with van der Waals surface area (Å²) in [5.74, 6) is -0.524. The average molecular weight is 612 g/mol. The summed E-state index contributed by atoms with van der Waals surface area (Å²) in [7, 11) is 0. The minimum absolute atomic E-state index is 0.122. The second kappa shape index (κ2) is 13.3. The van der Waals surface area contributed by atoms with Crippen LogP contribution < -0.4 is 10.2 Å². The molecule has 7 nitrogen and oxygen atoms in total. The average Bonchev–Trinajstić information content (AvgIpc) is 3.63. The Balaban J connectivity index is 1.58. The highest BCUT2D eigenvalue weighted by molar-refractivity contribution is 5.95. The first-order valence-corrected chi connectivity index (χ1v) is 16.4. The fraction of sp³-hybridized carbons (Fsp3) is 0.500. The first-order chi connectivity index (χ1) is 21.4. The van der Waals surface area contributed by atoms with E-state index >= 15 is 0 Å². The van der Waals surface area contributed by atoms with E-state index in [-0.39, 0.29) is 12.0 Å².